The van der Waals surface area contributed by atoms with Crippen LogP contribution in [0.3, 0.4) is 0 Å². The lowest BCUT2D eigenvalue weighted by atomic mass is 10.1. The van der Waals surface area contributed by atoms with Crippen LogP contribution >= 0.6 is 11.1 Å². The van der Waals surface area contributed by atoms with E-state index >= 15 is 0 Å². The van der Waals surface area contributed by atoms with E-state index in [1.165, 1.54) is 12.1 Å². The summed E-state index contributed by atoms with van der Waals surface area (Å²) in [6, 6.07) is 16.2. The third-order valence-corrected chi connectivity index (χ3v) is 8.86. The number of nitrogens with zero attached hydrogens (tertiary/aromatic N) is 1. The number of halogens is 3. The van der Waals surface area contributed by atoms with E-state index in [9.17, 15) is 27.9 Å². The van der Waals surface area contributed by atoms with Crippen LogP contribution in [-0.4, -0.2) is 22.7 Å². The molecule has 1 fully saturated rings. The fourth-order valence-electron chi connectivity index (χ4n) is 4.22. The Morgan fingerprint density at radius 1 is 1.00 bits per heavy atom. The van der Waals surface area contributed by atoms with Gasteiger partial charge in [0.15, 0.2) is 0 Å². The van der Waals surface area contributed by atoms with Crippen molar-refractivity contribution in [3.63, 3.8) is 0 Å². The van der Waals surface area contributed by atoms with E-state index in [1.807, 2.05) is 6.07 Å². The Kier molecular flexibility index (Phi) is 5.36. The Balaban J connectivity index is 1.52. The predicted octanol–water partition coefficient (Wildman–Crippen LogP) is 5.45. The van der Waals surface area contributed by atoms with Crippen molar-refractivity contribution in [2.45, 2.75) is 28.7 Å². The first kappa shape index (κ1) is 23.0. The van der Waals surface area contributed by atoms with Crippen molar-refractivity contribution < 1.29 is 32.6 Å². The predicted molar refractivity (Wildman–Crippen MR) is 125 cm³/mol. The first-order chi connectivity index (χ1) is 16.6. The van der Waals surface area contributed by atoms with E-state index in [4.69, 9.17) is 14.9 Å². The molecular formula is C25H19F3N2O4S. The van der Waals surface area contributed by atoms with Crippen molar-refractivity contribution in [2.75, 3.05) is 0 Å². The standard InChI is InChI=1S/C25H19F3N2O4S/c26-25(27,28)16-8-10-17(11-9-16)34-18-2-1-3-19-20(18)21(22(29)31)30-35(19)24(12-13-24)15-6-4-14(5-7-15)23(32)33/h1-11,35H,12-13H2,(H2,29,31)(H,32,33). The third kappa shape index (κ3) is 4.03. The van der Waals surface area contributed by atoms with Crippen LogP contribution < -0.4 is 10.5 Å². The highest BCUT2D eigenvalue weighted by Gasteiger charge is 2.52. The molecule has 1 saturated carbocycles. The Morgan fingerprint density at radius 3 is 2.20 bits per heavy atom. The topological polar surface area (TPSA) is 102 Å². The molecule has 0 saturated heterocycles. The number of amides is 1. The second-order valence-electron chi connectivity index (χ2n) is 8.31. The molecule has 3 N–H and O–H groups in total. The molecule has 35 heavy (non-hydrogen) atoms. The molecule has 6 nitrogen and oxygen atoms in total. The molecule has 1 unspecified atom stereocenters. The van der Waals surface area contributed by atoms with E-state index < -0.39 is 34.7 Å². The van der Waals surface area contributed by atoms with Crippen LogP contribution in [0.4, 0.5) is 13.2 Å². The number of carboxylic acid groups (broad SMARTS) is 1. The van der Waals surface area contributed by atoms with Crippen LogP contribution in [0.1, 0.15) is 39.9 Å². The van der Waals surface area contributed by atoms with Crippen LogP contribution in [0, 0.1) is 0 Å². The highest BCUT2D eigenvalue weighted by Crippen LogP contribution is 2.71. The molecule has 2 aliphatic rings. The minimum Gasteiger partial charge on any atom is -0.478 e. The summed E-state index contributed by atoms with van der Waals surface area (Å²) in [5.41, 5.74) is 6.49. The second-order valence-corrected chi connectivity index (χ2v) is 10.5. The molecule has 0 aromatic heterocycles. The van der Waals surface area contributed by atoms with Gasteiger partial charge >= 0.3 is 12.1 Å². The summed E-state index contributed by atoms with van der Waals surface area (Å²) < 4.78 is 48.9. The summed E-state index contributed by atoms with van der Waals surface area (Å²) in [7, 11) is 0. The Labute approximate surface area is 200 Å². The number of rotatable bonds is 6. The lowest BCUT2D eigenvalue weighted by Gasteiger charge is -2.26. The number of carboxylic acids is 1. The van der Waals surface area contributed by atoms with Gasteiger partial charge in [-0.15, -0.1) is 11.1 Å². The van der Waals surface area contributed by atoms with Crippen molar-refractivity contribution >= 4 is 28.7 Å². The van der Waals surface area contributed by atoms with Gasteiger partial charge in [-0.25, -0.2) is 9.19 Å². The highest BCUT2D eigenvalue weighted by molar-refractivity contribution is 8.17. The average Bonchev–Trinajstić information content (AvgIpc) is 3.52. The summed E-state index contributed by atoms with van der Waals surface area (Å²) in [6.45, 7) is 0. The number of aromatic carboxylic acids is 1. The molecule has 1 amide bonds. The molecule has 3 aromatic rings. The van der Waals surface area contributed by atoms with Gasteiger partial charge in [0.05, 0.1) is 16.7 Å². The zero-order chi connectivity index (χ0) is 25.0. The van der Waals surface area contributed by atoms with Gasteiger partial charge in [-0.1, -0.05) is 18.2 Å². The van der Waals surface area contributed by atoms with Crippen LogP contribution in [-0.2, 0) is 15.7 Å². The van der Waals surface area contributed by atoms with E-state index in [1.54, 1.807) is 36.4 Å². The van der Waals surface area contributed by atoms with E-state index in [0.717, 1.165) is 35.4 Å². The van der Waals surface area contributed by atoms with Gasteiger partial charge in [-0.3, -0.25) is 4.79 Å². The first-order valence-electron chi connectivity index (χ1n) is 10.6. The van der Waals surface area contributed by atoms with Gasteiger partial charge in [-0.05, 0) is 66.9 Å². The average molecular weight is 500 g/mol. The third-order valence-electron chi connectivity index (χ3n) is 6.11. The van der Waals surface area contributed by atoms with Crippen molar-refractivity contribution in [2.24, 2.45) is 10.1 Å². The summed E-state index contributed by atoms with van der Waals surface area (Å²) in [6.07, 6.45) is -2.84. The maximum Gasteiger partial charge on any atom is 0.416 e. The summed E-state index contributed by atoms with van der Waals surface area (Å²) in [5.74, 6) is -1.28. The van der Waals surface area contributed by atoms with Crippen LogP contribution in [0.25, 0.3) is 0 Å². The molecule has 0 bridgehead atoms. The highest BCUT2D eigenvalue weighted by atomic mass is 32.2. The molecule has 0 spiro atoms. The molecule has 1 heterocycles. The monoisotopic (exact) mass is 500 g/mol. The van der Waals surface area contributed by atoms with E-state index in [2.05, 4.69) is 0 Å². The molecule has 5 rings (SSSR count). The number of hydrogen-bond donors (Lipinski definition) is 3. The quantitative estimate of drug-likeness (QED) is 0.392. The van der Waals surface area contributed by atoms with E-state index in [0.29, 0.717) is 5.56 Å². The number of primary amides is 1. The number of ether oxygens (including phenoxy) is 1. The lowest BCUT2D eigenvalue weighted by Crippen LogP contribution is -2.23. The number of carbonyl (C=O) groups excluding carboxylic acids is 1. The zero-order valence-corrected chi connectivity index (χ0v) is 18.9. The van der Waals surface area contributed by atoms with Crippen LogP contribution in [0.2, 0.25) is 0 Å². The van der Waals surface area contributed by atoms with Gasteiger partial charge in [0.2, 0.25) is 0 Å². The Morgan fingerprint density at radius 2 is 1.66 bits per heavy atom. The van der Waals surface area contributed by atoms with Gasteiger partial charge in [0.1, 0.15) is 17.2 Å². The molecule has 1 aliphatic heterocycles. The fourth-order valence-corrected chi connectivity index (χ4v) is 6.97. The van der Waals surface area contributed by atoms with Gasteiger partial charge < -0.3 is 15.6 Å². The van der Waals surface area contributed by atoms with Crippen molar-refractivity contribution in [3.05, 3.63) is 89.0 Å². The number of fused-ring (bicyclic) bond motifs is 1. The minimum absolute atomic E-state index is 0.0713. The lowest BCUT2D eigenvalue weighted by molar-refractivity contribution is -0.137. The largest absolute Gasteiger partial charge is 0.478 e. The number of thiol groups is 1. The first-order valence-corrected chi connectivity index (χ1v) is 11.9. The summed E-state index contributed by atoms with van der Waals surface area (Å²) >= 11 is -1.27. The van der Waals surface area contributed by atoms with Crippen LogP contribution in [0.15, 0.2) is 76.0 Å². The number of alkyl halides is 3. The molecule has 180 valence electrons. The maximum absolute atomic E-state index is 12.9. The normalized spacial score (nSPS) is 18.9. The van der Waals surface area contributed by atoms with Crippen molar-refractivity contribution in [3.8, 4) is 11.5 Å². The molecule has 10 heteroatoms. The molecule has 0 radical (unpaired) electrons. The van der Waals surface area contributed by atoms with Gasteiger partial charge in [-0.2, -0.15) is 13.2 Å². The SMILES string of the molecule is NC(=O)C1=N[SH](C2(c3ccc(C(=O)O)cc3)CC2)c2cccc(Oc3ccc(C(F)(F)F)cc3)c21. The molecule has 1 atom stereocenters. The fraction of sp³-hybridized carbons (Fsp3) is 0.160. The number of carbonyl (C=O) groups is 2. The van der Waals surface area contributed by atoms with Crippen molar-refractivity contribution in [1.82, 2.24) is 0 Å². The summed E-state index contributed by atoms with van der Waals surface area (Å²) in [5, 5.41) is 9.20. The molecule has 3 aromatic carbocycles. The Bertz CT molecular complexity index is 1360. The minimum atomic E-state index is -4.46. The second kappa shape index (κ2) is 8.16. The van der Waals surface area contributed by atoms with Gasteiger partial charge in [0, 0.05) is 9.64 Å². The number of benzene rings is 3. The Hall–Kier alpha value is -3.79. The van der Waals surface area contributed by atoms with Crippen molar-refractivity contribution in [1.29, 1.82) is 0 Å². The smallest absolute Gasteiger partial charge is 0.416 e. The number of nitrogens with two attached hydrogens (primary N) is 1. The zero-order valence-electron chi connectivity index (χ0n) is 18.0. The number of hydrogen-bond acceptors (Lipinski definition) is 4. The molecule has 1 aliphatic carbocycles. The van der Waals surface area contributed by atoms with Gasteiger partial charge in [0.25, 0.3) is 5.91 Å². The molecular weight excluding hydrogens is 481 g/mol. The van der Waals surface area contributed by atoms with Crippen LogP contribution in [0.5, 0.6) is 11.5 Å². The van der Waals surface area contributed by atoms with E-state index in [-0.39, 0.29) is 27.5 Å². The maximum atomic E-state index is 12.9. The summed E-state index contributed by atoms with van der Waals surface area (Å²) in [4.78, 5) is 24.4.